The zero-order chi connectivity index (χ0) is 19.2. The van der Waals surface area contributed by atoms with Crippen molar-refractivity contribution in [2.24, 2.45) is 0 Å². The van der Waals surface area contributed by atoms with Crippen LogP contribution in [0, 0.1) is 0 Å². The number of methoxy groups -OCH3 is 2. The molecule has 146 valence electrons. The first-order valence-electron chi connectivity index (χ1n) is 9.46. The van der Waals surface area contributed by atoms with E-state index in [1.54, 1.807) is 20.5 Å². The molecule has 1 unspecified atom stereocenters. The van der Waals surface area contributed by atoms with Gasteiger partial charge >= 0.3 is 0 Å². The molecule has 1 aromatic carbocycles. The average Bonchev–Trinajstić information content (AvgIpc) is 2.70. The predicted octanol–water partition coefficient (Wildman–Crippen LogP) is 3.11. The fourth-order valence-electron chi connectivity index (χ4n) is 3.53. The van der Waals surface area contributed by atoms with Crippen LogP contribution in [0.15, 0.2) is 24.5 Å². The van der Waals surface area contributed by atoms with Gasteiger partial charge in [-0.05, 0) is 50.3 Å². The first kappa shape index (κ1) is 19.1. The van der Waals surface area contributed by atoms with E-state index in [0.29, 0.717) is 24.1 Å². The molecule has 1 fully saturated rings. The largest absolute Gasteiger partial charge is 0.493 e. The van der Waals surface area contributed by atoms with E-state index in [9.17, 15) is 0 Å². The first-order valence-corrected chi connectivity index (χ1v) is 9.46. The smallest absolute Gasteiger partial charge is 0.160 e. The number of nitrogens with one attached hydrogen (secondary N) is 1. The molecule has 1 saturated heterocycles. The highest BCUT2D eigenvalue weighted by Gasteiger charge is 2.22. The third-order valence-corrected chi connectivity index (χ3v) is 5.09. The van der Waals surface area contributed by atoms with Crippen molar-refractivity contribution >= 4 is 17.3 Å². The van der Waals surface area contributed by atoms with Gasteiger partial charge in [0.2, 0.25) is 0 Å². The van der Waals surface area contributed by atoms with Gasteiger partial charge in [-0.25, -0.2) is 9.97 Å². The summed E-state index contributed by atoms with van der Waals surface area (Å²) in [5, 5.41) is 3.35. The van der Waals surface area contributed by atoms with Gasteiger partial charge in [-0.3, -0.25) is 0 Å². The number of anilines is 3. The molecule has 7 heteroatoms. The fraction of sp³-hybridized carbons (Fsp3) is 0.500. The van der Waals surface area contributed by atoms with Crippen molar-refractivity contribution < 1.29 is 9.47 Å². The molecule has 0 aliphatic carbocycles. The number of benzene rings is 1. The quantitative estimate of drug-likeness (QED) is 0.773. The fourth-order valence-corrected chi connectivity index (χ4v) is 3.53. The van der Waals surface area contributed by atoms with E-state index < -0.39 is 0 Å². The summed E-state index contributed by atoms with van der Waals surface area (Å²) in [5.41, 5.74) is 8.15. The minimum atomic E-state index is 0.454. The number of aromatic nitrogens is 2. The Morgan fingerprint density at radius 3 is 2.74 bits per heavy atom. The minimum Gasteiger partial charge on any atom is -0.493 e. The van der Waals surface area contributed by atoms with Gasteiger partial charge in [0, 0.05) is 19.1 Å². The summed E-state index contributed by atoms with van der Waals surface area (Å²) in [7, 11) is 3.28. The highest BCUT2D eigenvalue weighted by Crippen LogP contribution is 2.31. The Kier molecular flexibility index (Phi) is 6.21. The summed E-state index contributed by atoms with van der Waals surface area (Å²) < 4.78 is 10.6. The van der Waals surface area contributed by atoms with Crippen molar-refractivity contribution in [3.63, 3.8) is 0 Å². The van der Waals surface area contributed by atoms with Crippen molar-refractivity contribution in [1.29, 1.82) is 0 Å². The van der Waals surface area contributed by atoms with Gasteiger partial charge in [-0.2, -0.15) is 0 Å². The van der Waals surface area contributed by atoms with Crippen LogP contribution in [0.3, 0.4) is 0 Å². The summed E-state index contributed by atoms with van der Waals surface area (Å²) in [6, 6.07) is 6.40. The second kappa shape index (κ2) is 8.79. The van der Waals surface area contributed by atoms with Crippen molar-refractivity contribution in [2.75, 3.05) is 43.3 Å². The molecule has 0 spiro atoms. The van der Waals surface area contributed by atoms with Crippen LogP contribution >= 0.6 is 0 Å². The van der Waals surface area contributed by atoms with Gasteiger partial charge in [-0.15, -0.1) is 0 Å². The number of piperidine rings is 1. The summed E-state index contributed by atoms with van der Waals surface area (Å²) in [5.74, 6) is 3.00. The molecule has 0 amide bonds. The van der Waals surface area contributed by atoms with Crippen LogP contribution in [0.25, 0.3) is 0 Å². The zero-order valence-corrected chi connectivity index (χ0v) is 16.4. The lowest BCUT2D eigenvalue weighted by molar-refractivity contribution is 0.354. The molecular weight excluding hydrogens is 342 g/mol. The van der Waals surface area contributed by atoms with Gasteiger partial charge in [0.05, 0.1) is 14.2 Å². The maximum atomic E-state index is 6.37. The van der Waals surface area contributed by atoms with Gasteiger partial charge in [0.15, 0.2) is 23.1 Å². The summed E-state index contributed by atoms with van der Waals surface area (Å²) in [4.78, 5) is 11.1. The Balaban J connectivity index is 1.65. The van der Waals surface area contributed by atoms with E-state index in [1.807, 2.05) is 18.2 Å². The van der Waals surface area contributed by atoms with Crippen LogP contribution in [0.5, 0.6) is 11.5 Å². The normalized spacial score (nSPS) is 16.9. The average molecular weight is 371 g/mol. The standard InChI is InChI=1S/C20H29N5O2/c1-14-6-4-5-11-25(14)20-18(21)19(23-13-24-20)22-10-9-15-7-8-16(26-2)17(12-15)27-3/h7-8,12-14H,4-6,9-11,21H2,1-3H3,(H,22,23,24). The van der Waals surface area contributed by atoms with E-state index in [0.717, 1.165) is 35.8 Å². The van der Waals surface area contributed by atoms with Gasteiger partial charge in [0.1, 0.15) is 12.0 Å². The summed E-state index contributed by atoms with van der Waals surface area (Å²) >= 11 is 0. The Morgan fingerprint density at radius 1 is 1.19 bits per heavy atom. The Bertz CT molecular complexity index is 768. The Morgan fingerprint density at radius 2 is 2.00 bits per heavy atom. The second-order valence-corrected chi connectivity index (χ2v) is 6.86. The minimum absolute atomic E-state index is 0.454. The predicted molar refractivity (Wildman–Crippen MR) is 109 cm³/mol. The molecule has 3 N–H and O–H groups in total. The molecule has 1 aliphatic heterocycles. The third kappa shape index (κ3) is 4.35. The molecule has 1 atom stereocenters. The lowest BCUT2D eigenvalue weighted by atomic mass is 10.0. The van der Waals surface area contributed by atoms with Crippen molar-refractivity contribution in [3.8, 4) is 11.5 Å². The van der Waals surface area contributed by atoms with E-state index in [4.69, 9.17) is 15.2 Å². The van der Waals surface area contributed by atoms with E-state index in [-0.39, 0.29) is 0 Å². The van der Waals surface area contributed by atoms with Gasteiger partial charge in [-0.1, -0.05) is 6.07 Å². The van der Waals surface area contributed by atoms with Crippen LogP contribution in [0.4, 0.5) is 17.3 Å². The number of nitrogen functional groups attached to an aromatic ring is 1. The maximum Gasteiger partial charge on any atom is 0.160 e. The molecule has 1 aliphatic rings. The van der Waals surface area contributed by atoms with E-state index in [2.05, 4.69) is 27.1 Å². The number of hydrogen-bond donors (Lipinski definition) is 2. The van der Waals surface area contributed by atoms with Crippen LogP contribution in [0.1, 0.15) is 31.7 Å². The highest BCUT2D eigenvalue weighted by molar-refractivity contribution is 5.75. The van der Waals surface area contributed by atoms with E-state index >= 15 is 0 Å². The molecule has 2 heterocycles. The van der Waals surface area contributed by atoms with Crippen molar-refractivity contribution in [1.82, 2.24) is 9.97 Å². The van der Waals surface area contributed by atoms with E-state index in [1.165, 1.54) is 19.3 Å². The lowest BCUT2D eigenvalue weighted by Gasteiger charge is -2.35. The molecule has 3 rings (SSSR count). The van der Waals surface area contributed by atoms with Gasteiger partial charge < -0.3 is 25.4 Å². The van der Waals surface area contributed by atoms with Crippen LogP contribution in [0.2, 0.25) is 0 Å². The molecule has 2 aromatic rings. The second-order valence-electron chi connectivity index (χ2n) is 6.86. The number of hydrogen-bond acceptors (Lipinski definition) is 7. The number of nitrogens with zero attached hydrogens (tertiary/aromatic N) is 3. The zero-order valence-electron chi connectivity index (χ0n) is 16.4. The first-order chi connectivity index (χ1) is 13.1. The Hall–Kier alpha value is -2.70. The van der Waals surface area contributed by atoms with Crippen molar-refractivity contribution in [2.45, 2.75) is 38.6 Å². The van der Waals surface area contributed by atoms with Crippen LogP contribution < -0.4 is 25.4 Å². The molecule has 1 aromatic heterocycles. The van der Waals surface area contributed by atoms with Crippen molar-refractivity contribution in [3.05, 3.63) is 30.1 Å². The van der Waals surface area contributed by atoms with Crippen LogP contribution in [-0.4, -0.2) is 43.3 Å². The molecule has 0 bridgehead atoms. The molecule has 7 nitrogen and oxygen atoms in total. The molecule has 27 heavy (non-hydrogen) atoms. The monoisotopic (exact) mass is 371 g/mol. The molecule has 0 saturated carbocycles. The number of ether oxygens (including phenoxy) is 2. The maximum absolute atomic E-state index is 6.37. The molecular formula is C20H29N5O2. The topological polar surface area (TPSA) is 85.5 Å². The van der Waals surface area contributed by atoms with Crippen LogP contribution in [-0.2, 0) is 6.42 Å². The SMILES string of the molecule is COc1ccc(CCNc2ncnc(N3CCCCC3C)c2N)cc1OC. The summed E-state index contributed by atoms with van der Waals surface area (Å²) in [6.45, 7) is 3.93. The third-order valence-electron chi connectivity index (χ3n) is 5.09. The highest BCUT2D eigenvalue weighted by atomic mass is 16.5. The van der Waals surface area contributed by atoms with Gasteiger partial charge in [0.25, 0.3) is 0 Å². The summed E-state index contributed by atoms with van der Waals surface area (Å²) in [6.07, 6.45) is 6.02. The number of nitrogens with two attached hydrogens (primary N) is 1. The Labute approximate surface area is 160 Å². The number of rotatable bonds is 7. The molecule has 0 radical (unpaired) electrons. The lowest BCUT2D eigenvalue weighted by Crippen LogP contribution is -2.38.